The van der Waals surface area contributed by atoms with Crippen LogP contribution >= 0.6 is 0 Å². The van der Waals surface area contributed by atoms with Crippen molar-refractivity contribution >= 4 is 0 Å². The molecule has 0 N–H and O–H groups in total. The Labute approximate surface area is 151 Å². The van der Waals surface area contributed by atoms with Gasteiger partial charge in [0.25, 0.3) is 0 Å². The Bertz CT molecular complexity index is 645. The average molecular weight is 375 g/mol. The first kappa shape index (κ1) is 24.3. The summed E-state index contributed by atoms with van der Waals surface area (Å²) in [6.07, 6.45) is 2.72. The van der Waals surface area contributed by atoms with Crippen LogP contribution in [-0.4, -0.2) is 13.2 Å². The molecule has 0 aliphatic carbocycles. The van der Waals surface area contributed by atoms with Crippen molar-refractivity contribution in [2.45, 2.75) is 27.7 Å². The molecule has 2 heterocycles. The third-order valence-electron chi connectivity index (χ3n) is 2.59. The maximum Gasteiger partial charge on any atom is 4.00 e. The van der Waals surface area contributed by atoms with Crippen molar-refractivity contribution in [1.82, 2.24) is 0 Å². The van der Waals surface area contributed by atoms with Gasteiger partial charge in [-0.2, -0.15) is 0 Å². The number of aryl methyl sites for hydroxylation is 2. The van der Waals surface area contributed by atoms with E-state index >= 15 is 0 Å². The molecule has 2 aromatic rings. The topological polar surface area (TPSA) is 107 Å². The summed E-state index contributed by atoms with van der Waals surface area (Å²) in [5.74, 6) is 1.68. The first-order chi connectivity index (χ1) is 10.5. The predicted molar refractivity (Wildman–Crippen MR) is 82.5 cm³/mol. The second-order valence-corrected chi connectivity index (χ2v) is 4.21. The standard InChI is InChI=1S/2C8H10O3.O.V/c2*1-3-10-8-6(2)11-5-4-7(8)9;;/h2*4-5H,3H2,1-2H3;;/q;;-2;+4. The fourth-order valence-electron chi connectivity index (χ4n) is 1.64. The Kier molecular flexibility index (Phi) is 12.6. The largest absolute Gasteiger partial charge is 4.00 e. The first-order valence-electron chi connectivity index (χ1n) is 6.93. The van der Waals surface area contributed by atoms with Gasteiger partial charge in [0.15, 0.2) is 0 Å². The molecule has 0 atom stereocenters. The summed E-state index contributed by atoms with van der Waals surface area (Å²) in [5.41, 5.74) is -0.258. The molecule has 7 nitrogen and oxygen atoms in total. The molecule has 1 radical (unpaired) electrons. The summed E-state index contributed by atoms with van der Waals surface area (Å²) in [5, 5.41) is 0. The van der Waals surface area contributed by atoms with E-state index in [1.165, 1.54) is 24.7 Å². The molecule has 24 heavy (non-hydrogen) atoms. The van der Waals surface area contributed by atoms with Crippen LogP contribution in [0.15, 0.2) is 43.1 Å². The Balaban J connectivity index is 0. The van der Waals surface area contributed by atoms with Gasteiger partial charge in [-0.25, -0.2) is 0 Å². The molecule has 0 unspecified atom stereocenters. The number of ether oxygens (including phenoxy) is 2. The summed E-state index contributed by atoms with van der Waals surface area (Å²) in [7, 11) is 0. The van der Waals surface area contributed by atoms with Crippen LogP contribution in [0.1, 0.15) is 25.4 Å². The van der Waals surface area contributed by atoms with Crippen molar-refractivity contribution < 1.29 is 42.3 Å². The average Bonchev–Trinajstić information content (AvgIpc) is 2.48. The van der Waals surface area contributed by atoms with Gasteiger partial charge in [-0.05, 0) is 27.7 Å². The van der Waals surface area contributed by atoms with Crippen LogP contribution in [0.25, 0.3) is 0 Å². The van der Waals surface area contributed by atoms with E-state index in [2.05, 4.69) is 0 Å². The SMILES string of the molecule is CCOc1c(C)occc1=O.CCOc1c(C)occc1=O.[O-2].[V+4]. The first-order valence-corrected chi connectivity index (χ1v) is 6.93. The molecule has 0 amide bonds. The van der Waals surface area contributed by atoms with E-state index in [1.54, 1.807) is 13.8 Å². The minimum absolute atomic E-state index is 0. The molecule has 0 saturated carbocycles. The van der Waals surface area contributed by atoms with E-state index in [0.717, 1.165) is 0 Å². The molecule has 2 aromatic heterocycles. The molecule has 0 saturated heterocycles. The quantitative estimate of drug-likeness (QED) is 0.813. The van der Waals surface area contributed by atoms with Crippen molar-refractivity contribution in [3.8, 4) is 11.5 Å². The number of hydrogen-bond acceptors (Lipinski definition) is 6. The van der Waals surface area contributed by atoms with Gasteiger partial charge in [0.1, 0.15) is 11.5 Å². The molecule has 0 bridgehead atoms. The summed E-state index contributed by atoms with van der Waals surface area (Å²) >= 11 is 0. The van der Waals surface area contributed by atoms with E-state index in [-0.39, 0.29) is 34.9 Å². The van der Waals surface area contributed by atoms with Crippen LogP contribution < -0.4 is 20.3 Å². The van der Waals surface area contributed by atoms with Crippen molar-refractivity contribution in [1.29, 1.82) is 0 Å². The molecule has 0 aliphatic heterocycles. The van der Waals surface area contributed by atoms with Gasteiger partial charge in [-0.3, -0.25) is 9.59 Å². The van der Waals surface area contributed by atoms with E-state index in [4.69, 9.17) is 18.3 Å². The monoisotopic (exact) mass is 375 g/mol. The van der Waals surface area contributed by atoms with Gasteiger partial charge < -0.3 is 23.8 Å². The van der Waals surface area contributed by atoms with Gasteiger partial charge in [0.05, 0.1) is 25.7 Å². The minimum Gasteiger partial charge on any atom is -2.00 e. The Morgan fingerprint density at radius 2 is 1.17 bits per heavy atom. The summed E-state index contributed by atoms with van der Waals surface area (Å²) in [6.45, 7) is 8.02. The molecule has 2 rings (SSSR count). The van der Waals surface area contributed by atoms with Crippen molar-refractivity contribution in [2.24, 2.45) is 0 Å². The van der Waals surface area contributed by atoms with Crippen LogP contribution in [-0.2, 0) is 24.0 Å². The van der Waals surface area contributed by atoms with Crippen LogP contribution in [0.2, 0.25) is 0 Å². The second-order valence-electron chi connectivity index (χ2n) is 4.21. The van der Waals surface area contributed by atoms with Gasteiger partial charge in [-0.15, -0.1) is 0 Å². The zero-order valence-electron chi connectivity index (χ0n) is 14.0. The molecule has 0 spiro atoms. The predicted octanol–water partition coefficient (Wildman–Crippen LogP) is 2.57. The fraction of sp³-hybridized carbons (Fsp3) is 0.375. The van der Waals surface area contributed by atoms with Crippen molar-refractivity contribution in [2.75, 3.05) is 13.2 Å². The third-order valence-corrected chi connectivity index (χ3v) is 2.59. The van der Waals surface area contributed by atoms with Crippen LogP contribution in [0.3, 0.4) is 0 Å². The van der Waals surface area contributed by atoms with Gasteiger partial charge in [-0.1, -0.05) is 0 Å². The Morgan fingerprint density at radius 1 is 0.833 bits per heavy atom. The smallest absolute Gasteiger partial charge is 2.00 e. The zero-order valence-corrected chi connectivity index (χ0v) is 15.4. The van der Waals surface area contributed by atoms with Crippen LogP contribution in [0.5, 0.6) is 11.5 Å². The molecule has 8 heteroatoms. The van der Waals surface area contributed by atoms with Gasteiger partial charge >= 0.3 is 18.6 Å². The Morgan fingerprint density at radius 3 is 1.42 bits per heavy atom. The Hall–Kier alpha value is -1.96. The summed E-state index contributed by atoms with van der Waals surface area (Å²) in [4.78, 5) is 22.1. The van der Waals surface area contributed by atoms with Crippen molar-refractivity contribution in [3.63, 3.8) is 0 Å². The maximum atomic E-state index is 11.0. The number of hydrogen-bond donors (Lipinski definition) is 0. The van der Waals surface area contributed by atoms with Crippen LogP contribution in [0, 0.1) is 13.8 Å². The van der Waals surface area contributed by atoms with Crippen molar-refractivity contribution in [3.05, 3.63) is 56.6 Å². The van der Waals surface area contributed by atoms with E-state index < -0.39 is 0 Å². The molecule has 0 aromatic carbocycles. The van der Waals surface area contributed by atoms with Crippen LogP contribution in [0.4, 0.5) is 0 Å². The normalized spacial score (nSPS) is 8.83. The third kappa shape index (κ3) is 7.08. The molecule has 129 valence electrons. The van der Waals surface area contributed by atoms with E-state index in [0.29, 0.717) is 36.2 Å². The molecular formula is C16H20O7V+2. The van der Waals surface area contributed by atoms with Gasteiger partial charge in [0, 0.05) is 12.1 Å². The fourth-order valence-corrected chi connectivity index (χ4v) is 1.64. The zero-order chi connectivity index (χ0) is 16.5. The maximum absolute atomic E-state index is 11.0. The van der Waals surface area contributed by atoms with E-state index in [9.17, 15) is 9.59 Å². The number of rotatable bonds is 4. The minimum atomic E-state index is -0.129. The molecular weight excluding hydrogens is 355 g/mol. The second kappa shape index (κ2) is 12.5. The summed E-state index contributed by atoms with van der Waals surface area (Å²) < 4.78 is 20.1. The van der Waals surface area contributed by atoms with E-state index in [1.807, 2.05) is 13.8 Å². The van der Waals surface area contributed by atoms with Gasteiger partial charge in [0.2, 0.25) is 22.4 Å². The molecule has 0 fully saturated rings. The molecule has 0 aliphatic rings. The summed E-state index contributed by atoms with van der Waals surface area (Å²) in [6, 6.07) is 2.69.